The molecule has 0 amide bonds. The van der Waals surface area contributed by atoms with Gasteiger partial charge in [0.1, 0.15) is 17.7 Å². The molecule has 3 atom stereocenters. The first-order chi connectivity index (χ1) is 16.6. The van der Waals surface area contributed by atoms with Gasteiger partial charge in [0.05, 0.1) is 23.8 Å². The van der Waals surface area contributed by atoms with Gasteiger partial charge in [-0.3, -0.25) is 0 Å². The molecule has 0 bridgehead atoms. The van der Waals surface area contributed by atoms with Gasteiger partial charge < -0.3 is 23.9 Å². The zero-order valence-electron chi connectivity index (χ0n) is 19.2. The van der Waals surface area contributed by atoms with Crippen molar-refractivity contribution in [2.75, 3.05) is 20.3 Å². The van der Waals surface area contributed by atoms with Gasteiger partial charge in [-0.1, -0.05) is 47.5 Å². The summed E-state index contributed by atoms with van der Waals surface area (Å²) in [5.74, 6) is 1.23. The summed E-state index contributed by atoms with van der Waals surface area (Å²) in [7, 11) is 1.59. The van der Waals surface area contributed by atoms with Crippen molar-refractivity contribution in [2.45, 2.75) is 50.5 Å². The highest BCUT2D eigenvalue weighted by molar-refractivity contribution is 6.42. The van der Waals surface area contributed by atoms with Gasteiger partial charge in [-0.15, -0.1) is 0 Å². The molecular formula is C26H30Cl2N2O4. The van der Waals surface area contributed by atoms with E-state index in [9.17, 15) is 5.11 Å². The van der Waals surface area contributed by atoms with E-state index in [4.69, 9.17) is 37.4 Å². The van der Waals surface area contributed by atoms with Gasteiger partial charge >= 0.3 is 0 Å². The fraction of sp³-hybridized carbons (Fsp3) is 0.423. The Labute approximate surface area is 210 Å². The van der Waals surface area contributed by atoms with Crippen LogP contribution in [-0.4, -0.2) is 41.3 Å². The van der Waals surface area contributed by atoms with Crippen molar-refractivity contribution in [3.8, 4) is 5.75 Å². The number of methoxy groups -OCH3 is 1. The third kappa shape index (κ3) is 6.12. The second-order valence-corrected chi connectivity index (χ2v) is 9.22. The molecule has 34 heavy (non-hydrogen) atoms. The number of aromatic nitrogens is 2. The summed E-state index contributed by atoms with van der Waals surface area (Å²) in [6, 6.07) is 13.1. The SMILES string of the molecule is COc1ccccc1C(O)c1nccn1CC(CCOC1CCCCO1)c1ccc(Cl)c(Cl)c1. The Morgan fingerprint density at radius 1 is 1.18 bits per heavy atom. The van der Waals surface area contributed by atoms with Crippen LogP contribution in [0.2, 0.25) is 10.0 Å². The maximum atomic E-state index is 11.1. The molecule has 3 aromatic rings. The number of aliphatic hydroxyl groups is 1. The van der Waals surface area contributed by atoms with E-state index in [1.807, 2.05) is 53.2 Å². The Kier molecular flexibility index (Phi) is 8.86. The van der Waals surface area contributed by atoms with Crippen molar-refractivity contribution in [2.24, 2.45) is 0 Å². The average Bonchev–Trinajstić information content (AvgIpc) is 3.33. The summed E-state index contributed by atoms with van der Waals surface area (Å²) >= 11 is 12.5. The topological polar surface area (TPSA) is 65.7 Å². The monoisotopic (exact) mass is 504 g/mol. The van der Waals surface area contributed by atoms with Crippen LogP contribution < -0.4 is 4.74 Å². The Morgan fingerprint density at radius 2 is 2.03 bits per heavy atom. The highest BCUT2D eigenvalue weighted by Crippen LogP contribution is 2.32. The molecule has 2 aromatic carbocycles. The van der Waals surface area contributed by atoms with E-state index in [0.717, 1.165) is 37.9 Å². The van der Waals surface area contributed by atoms with Crippen molar-refractivity contribution in [3.63, 3.8) is 0 Å². The van der Waals surface area contributed by atoms with Gasteiger partial charge in [-0.2, -0.15) is 0 Å². The summed E-state index contributed by atoms with van der Waals surface area (Å²) in [5, 5.41) is 12.2. The lowest BCUT2D eigenvalue weighted by atomic mass is 9.95. The van der Waals surface area contributed by atoms with E-state index in [1.165, 1.54) is 0 Å². The van der Waals surface area contributed by atoms with Crippen LogP contribution in [0.5, 0.6) is 5.75 Å². The molecule has 0 aliphatic carbocycles. The number of aliphatic hydroxyl groups excluding tert-OH is 1. The van der Waals surface area contributed by atoms with Gasteiger partial charge in [0.2, 0.25) is 0 Å². The number of imidazole rings is 1. The largest absolute Gasteiger partial charge is 0.496 e. The molecule has 1 fully saturated rings. The number of rotatable bonds is 10. The van der Waals surface area contributed by atoms with E-state index in [2.05, 4.69) is 4.98 Å². The van der Waals surface area contributed by atoms with Crippen LogP contribution in [-0.2, 0) is 16.0 Å². The minimum atomic E-state index is -0.924. The van der Waals surface area contributed by atoms with E-state index >= 15 is 0 Å². The van der Waals surface area contributed by atoms with E-state index in [1.54, 1.807) is 13.3 Å². The molecule has 0 saturated carbocycles. The number of ether oxygens (including phenoxy) is 3. The smallest absolute Gasteiger partial charge is 0.157 e. The maximum absolute atomic E-state index is 11.1. The molecule has 1 aliphatic rings. The molecule has 1 aliphatic heterocycles. The fourth-order valence-corrected chi connectivity index (χ4v) is 4.61. The molecular weight excluding hydrogens is 475 g/mol. The molecule has 1 N–H and O–H groups in total. The predicted molar refractivity (Wildman–Crippen MR) is 133 cm³/mol. The molecule has 2 heterocycles. The molecule has 4 rings (SSSR count). The third-order valence-electron chi connectivity index (χ3n) is 6.17. The lowest BCUT2D eigenvalue weighted by molar-refractivity contribution is -0.163. The molecule has 1 aromatic heterocycles. The molecule has 8 heteroatoms. The number of hydrogen-bond donors (Lipinski definition) is 1. The van der Waals surface area contributed by atoms with Gasteiger partial charge in [0.15, 0.2) is 6.29 Å². The summed E-state index contributed by atoms with van der Waals surface area (Å²) in [4.78, 5) is 4.46. The number of halogens is 2. The van der Waals surface area contributed by atoms with E-state index < -0.39 is 6.10 Å². The van der Waals surface area contributed by atoms with Gasteiger partial charge in [0, 0.05) is 37.0 Å². The van der Waals surface area contributed by atoms with Crippen LogP contribution in [0.1, 0.15) is 54.7 Å². The van der Waals surface area contributed by atoms with Crippen LogP contribution in [0.15, 0.2) is 54.9 Å². The van der Waals surface area contributed by atoms with E-state index in [0.29, 0.717) is 40.3 Å². The van der Waals surface area contributed by atoms with Crippen LogP contribution in [0.3, 0.4) is 0 Å². The van der Waals surface area contributed by atoms with Crippen molar-refractivity contribution >= 4 is 23.2 Å². The zero-order chi connectivity index (χ0) is 23.9. The van der Waals surface area contributed by atoms with Crippen LogP contribution in [0, 0.1) is 0 Å². The lowest BCUT2D eigenvalue weighted by Crippen LogP contribution is -2.24. The van der Waals surface area contributed by atoms with Crippen molar-refractivity contribution in [3.05, 3.63) is 81.9 Å². The van der Waals surface area contributed by atoms with Gasteiger partial charge in [-0.05, 0) is 49.4 Å². The number of para-hydroxylation sites is 1. The highest BCUT2D eigenvalue weighted by Gasteiger charge is 2.23. The Balaban J connectivity index is 1.54. The maximum Gasteiger partial charge on any atom is 0.157 e. The van der Waals surface area contributed by atoms with Crippen molar-refractivity contribution in [1.82, 2.24) is 9.55 Å². The lowest BCUT2D eigenvalue weighted by Gasteiger charge is -2.25. The van der Waals surface area contributed by atoms with Crippen LogP contribution >= 0.6 is 23.2 Å². The van der Waals surface area contributed by atoms with Crippen molar-refractivity contribution in [1.29, 1.82) is 0 Å². The fourth-order valence-electron chi connectivity index (χ4n) is 4.31. The predicted octanol–water partition coefficient (Wildman–Crippen LogP) is 6.00. The molecule has 0 spiro atoms. The molecule has 182 valence electrons. The molecule has 3 unspecified atom stereocenters. The number of hydrogen-bond acceptors (Lipinski definition) is 5. The summed E-state index contributed by atoms with van der Waals surface area (Å²) < 4.78 is 19.1. The zero-order valence-corrected chi connectivity index (χ0v) is 20.7. The van der Waals surface area contributed by atoms with Crippen LogP contribution in [0.4, 0.5) is 0 Å². The Bertz CT molecular complexity index is 1070. The van der Waals surface area contributed by atoms with Gasteiger partial charge in [-0.25, -0.2) is 4.98 Å². The first-order valence-corrected chi connectivity index (χ1v) is 12.3. The van der Waals surface area contributed by atoms with E-state index in [-0.39, 0.29) is 12.2 Å². The molecule has 0 radical (unpaired) electrons. The Hall–Kier alpha value is -2.09. The molecule has 6 nitrogen and oxygen atoms in total. The quantitative estimate of drug-likeness (QED) is 0.366. The number of nitrogens with zero attached hydrogens (tertiary/aromatic N) is 2. The standard InChI is InChI=1S/C26H30Cl2N2O4/c1-32-23-7-3-2-6-20(23)25(31)26-29-12-13-30(26)17-19(18-9-10-21(27)22(28)16-18)11-15-34-24-8-4-5-14-33-24/h2-3,6-7,9-10,12-13,16,19,24-25,31H,4-5,8,11,14-15,17H2,1H3. The van der Waals surface area contributed by atoms with Crippen molar-refractivity contribution < 1.29 is 19.3 Å². The minimum Gasteiger partial charge on any atom is -0.496 e. The van der Waals surface area contributed by atoms with Crippen LogP contribution in [0.25, 0.3) is 0 Å². The second-order valence-electron chi connectivity index (χ2n) is 8.41. The highest BCUT2D eigenvalue weighted by atomic mass is 35.5. The first-order valence-electron chi connectivity index (χ1n) is 11.6. The third-order valence-corrected chi connectivity index (χ3v) is 6.90. The molecule has 1 saturated heterocycles. The number of benzene rings is 2. The van der Waals surface area contributed by atoms with Gasteiger partial charge in [0.25, 0.3) is 0 Å². The summed E-state index contributed by atoms with van der Waals surface area (Å²) in [6.07, 6.45) is 6.40. The normalized spacial score (nSPS) is 17.9. The average molecular weight is 505 g/mol. The summed E-state index contributed by atoms with van der Waals surface area (Å²) in [6.45, 7) is 1.89. The Morgan fingerprint density at radius 3 is 2.79 bits per heavy atom. The minimum absolute atomic E-state index is 0.0659. The first kappa shape index (κ1) is 25.0. The summed E-state index contributed by atoms with van der Waals surface area (Å²) in [5.41, 5.74) is 1.72. The second kappa shape index (κ2) is 12.0.